The van der Waals surface area contributed by atoms with Gasteiger partial charge >= 0.3 is 0 Å². The molecule has 0 aromatic rings. The molecule has 0 aromatic carbocycles. The van der Waals surface area contributed by atoms with Gasteiger partial charge in [0.05, 0.1) is 5.92 Å². The maximum atomic E-state index is 12.7. The predicted molar refractivity (Wildman–Crippen MR) is 86.6 cm³/mol. The summed E-state index contributed by atoms with van der Waals surface area (Å²) in [5.74, 6) is 0.702. The number of nitrogens with zero attached hydrogens (tertiary/aromatic N) is 2. The summed E-state index contributed by atoms with van der Waals surface area (Å²) in [7, 11) is 0. The molecule has 128 valence electrons. The average Bonchev–Trinajstić information content (AvgIpc) is 3.30. The van der Waals surface area contributed by atoms with Gasteiger partial charge in [0.1, 0.15) is 5.78 Å². The summed E-state index contributed by atoms with van der Waals surface area (Å²) >= 11 is 0. The van der Waals surface area contributed by atoms with Crippen molar-refractivity contribution >= 4 is 17.6 Å². The Morgan fingerprint density at radius 3 is 2.04 bits per heavy atom. The number of carbonyl (C=O) groups excluding carboxylic acids is 3. The number of Topliss-reactive ketones (excluding diaryl/α,β-unsaturated/α-hetero) is 1. The van der Waals surface area contributed by atoms with Gasteiger partial charge in [-0.2, -0.15) is 0 Å². The molecule has 2 amide bonds. The summed E-state index contributed by atoms with van der Waals surface area (Å²) in [5.41, 5.74) is 0.241. The molecule has 1 heterocycles. The minimum atomic E-state index is -0.0963. The molecule has 1 atom stereocenters. The van der Waals surface area contributed by atoms with Gasteiger partial charge in [-0.25, -0.2) is 0 Å². The Hall–Kier alpha value is -1.39. The molecule has 1 saturated heterocycles. The molecular weight excluding hydrogens is 292 g/mol. The number of hydrogen-bond acceptors (Lipinski definition) is 3. The summed E-state index contributed by atoms with van der Waals surface area (Å²) in [5, 5.41) is 0. The highest BCUT2D eigenvalue weighted by atomic mass is 16.2. The number of carbonyl (C=O) groups is 3. The molecule has 2 saturated carbocycles. The number of amides is 2. The van der Waals surface area contributed by atoms with E-state index in [1.807, 2.05) is 9.80 Å². The van der Waals surface area contributed by atoms with Crippen LogP contribution in [0.3, 0.4) is 0 Å². The van der Waals surface area contributed by atoms with E-state index in [2.05, 4.69) is 13.8 Å². The van der Waals surface area contributed by atoms with Crippen LogP contribution in [0.2, 0.25) is 0 Å². The first-order chi connectivity index (χ1) is 11.0. The van der Waals surface area contributed by atoms with Crippen LogP contribution in [0.25, 0.3) is 0 Å². The zero-order valence-corrected chi connectivity index (χ0v) is 14.3. The second kappa shape index (κ2) is 6.25. The maximum Gasteiger partial charge on any atom is 0.226 e. The third-order valence-electron chi connectivity index (χ3n) is 6.31. The van der Waals surface area contributed by atoms with Crippen LogP contribution in [0.1, 0.15) is 52.4 Å². The molecule has 0 aromatic heterocycles. The van der Waals surface area contributed by atoms with E-state index in [1.165, 1.54) is 0 Å². The van der Waals surface area contributed by atoms with Crippen LogP contribution >= 0.6 is 0 Å². The van der Waals surface area contributed by atoms with E-state index in [0.717, 1.165) is 32.2 Å². The van der Waals surface area contributed by atoms with Crippen molar-refractivity contribution in [3.8, 4) is 0 Å². The van der Waals surface area contributed by atoms with Crippen molar-refractivity contribution in [2.24, 2.45) is 17.3 Å². The van der Waals surface area contributed by atoms with Gasteiger partial charge < -0.3 is 9.80 Å². The van der Waals surface area contributed by atoms with Gasteiger partial charge in [-0.3, -0.25) is 14.4 Å². The summed E-state index contributed by atoms with van der Waals surface area (Å²) < 4.78 is 0. The van der Waals surface area contributed by atoms with Gasteiger partial charge in [0.15, 0.2) is 0 Å². The van der Waals surface area contributed by atoms with Crippen molar-refractivity contribution in [3.63, 3.8) is 0 Å². The third kappa shape index (κ3) is 3.02. The van der Waals surface area contributed by atoms with E-state index < -0.39 is 0 Å². The van der Waals surface area contributed by atoms with Crippen molar-refractivity contribution in [2.75, 3.05) is 26.2 Å². The minimum absolute atomic E-state index is 0.0963. The largest absolute Gasteiger partial charge is 0.341 e. The molecule has 1 unspecified atom stereocenters. The highest BCUT2D eigenvalue weighted by Gasteiger charge is 2.56. The van der Waals surface area contributed by atoms with Gasteiger partial charge in [-0.15, -0.1) is 0 Å². The van der Waals surface area contributed by atoms with E-state index in [1.54, 1.807) is 0 Å². The highest BCUT2D eigenvalue weighted by molar-refractivity contribution is 5.96. The third-order valence-corrected chi connectivity index (χ3v) is 6.31. The van der Waals surface area contributed by atoms with Gasteiger partial charge in [-0.05, 0) is 31.1 Å². The normalized spacial score (nSPS) is 27.4. The smallest absolute Gasteiger partial charge is 0.226 e. The molecule has 0 spiro atoms. The average molecular weight is 320 g/mol. The van der Waals surface area contributed by atoms with Crippen molar-refractivity contribution in [2.45, 2.75) is 52.4 Å². The lowest BCUT2D eigenvalue weighted by atomic mass is 9.83. The lowest BCUT2D eigenvalue weighted by molar-refractivity contribution is -0.145. The van der Waals surface area contributed by atoms with Crippen LogP contribution in [0.15, 0.2) is 0 Å². The number of rotatable bonds is 4. The first-order valence-electron chi connectivity index (χ1n) is 9.10. The number of hydrogen-bond donors (Lipinski definition) is 0. The molecule has 2 aliphatic carbocycles. The Balaban J connectivity index is 1.53. The van der Waals surface area contributed by atoms with Crippen LogP contribution in [-0.2, 0) is 14.4 Å². The van der Waals surface area contributed by atoms with Crippen LogP contribution in [0.5, 0.6) is 0 Å². The van der Waals surface area contributed by atoms with Gasteiger partial charge in [0.25, 0.3) is 0 Å². The van der Waals surface area contributed by atoms with Crippen LogP contribution in [-0.4, -0.2) is 53.6 Å². The molecule has 3 rings (SSSR count). The van der Waals surface area contributed by atoms with E-state index in [0.29, 0.717) is 38.4 Å². The molecule has 0 radical (unpaired) electrons. The fourth-order valence-corrected chi connectivity index (χ4v) is 4.23. The Morgan fingerprint density at radius 2 is 1.57 bits per heavy atom. The predicted octanol–water partition coefficient (Wildman–Crippen LogP) is 1.85. The lowest BCUT2D eigenvalue weighted by Crippen LogP contribution is -2.44. The summed E-state index contributed by atoms with van der Waals surface area (Å²) in [6, 6.07) is 0. The summed E-state index contributed by atoms with van der Waals surface area (Å²) in [6.07, 6.45) is 4.85. The van der Waals surface area contributed by atoms with Crippen molar-refractivity contribution < 1.29 is 14.4 Å². The molecule has 3 aliphatic rings. The van der Waals surface area contributed by atoms with E-state index >= 15 is 0 Å². The molecule has 3 fully saturated rings. The zero-order chi connectivity index (χ0) is 16.6. The van der Waals surface area contributed by atoms with Crippen LogP contribution in [0, 0.1) is 17.3 Å². The van der Waals surface area contributed by atoms with E-state index in [9.17, 15) is 14.4 Å². The van der Waals surface area contributed by atoms with Gasteiger partial charge in [-0.1, -0.05) is 13.8 Å². The molecule has 0 N–H and O–H groups in total. The lowest BCUT2D eigenvalue weighted by Gasteiger charge is -2.30. The van der Waals surface area contributed by atoms with E-state index in [-0.39, 0.29) is 28.9 Å². The van der Waals surface area contributed by atoms with Gasteiger partial charge in [0.2, 0.25) is 11.8 Å². The first kappa shape index (κ1) is 16.5. The second-order valence-electron chi connectivity index (χ2n) is 7.47. The minimum Gasteiger partial charge on any atom is -0.341 e. The van der Waals surface area contributed by atoms with Gasteiger partial charge in [0, 0.05) is 44.9 Å². The Labute approximate surface area is 138 Å². The summed E-state index contributed by atoms with van der Waals surface area (Å²) in [6.45, 7) is 7.09. The molecule has 5 nitrogen and oxygen atoms in total. The van der Waals surface area contributed by atoms with Crippen LogP contribution in [0.4, 0.5) is 0 Å². The standard InChI is InChI=1S/C18H28N2O3/c1-3-18(4-2)12-15(18)17(23)20-7-5-6-19(8-9-20)16(22)13-10-14(21)11-13/h13,15H,3-12H2,1-2H3. The summed E-state index contributed by atoms with van der Waals surface area (Å²) in [4.78, 5) is 40.0. The van der Waals surface area contributed by atoms with Crippen LogP contribution < -0.4 is 0 Å². The SMILES string of the molecule is CCC1(CC)CC1C(=O)N1CCCN(C(=O)C2CC(=O)C2)CC1. The quantitative estimate of drug-likeness (QED) is 0.794. The Morgan fingerprint density at radius 1 is 1.00 bits per heavy atom. The van der Waals surface area contributed by atoms with Crippen molar-refractivity contribution in [3.05, 3.63) is 0 Å². The second-order valence-corrected chi connectivity index (χ2v) is 7.47. The molecule has 23 heavy (non-hydrogen) atoms. The topological polar surface area (TPSA) is 57.7 Å². The fourth-order valence-electron chi connectivity index (χ4n) is 4.23. The molecule has 0 bridgehead atoms. The molecule has 5 heteroatoms. The first-order valence-corrected chi connectivity index (χ1v) is 9.10. The van der Waals surface area contributed by atoms with Crippen molar-refractivity contribution in [1.29, 1.82) is 0 Å². The Bertz CT molecular complexity index is 504. The number of ketones is 1. The monoisotopic (exact) mass is 320 g/mol. The molecular formula is C18H28N2O3. The van der Waals surface area contributed by atoms with Crippen molar-refractivity contribution in [1.82, 2.24) is 9.80 Å². The van der Waals surface area contributed by atoms with E-state index in [4.69, 9.17) is 0 Å². The Kier molecular flexibility index (Phi) is 4.47. The maximum absolute atomic E-state index is 12.7. The highest BCUT2D eigenvalue weighted by Crippen LogP contribution is 2.58. The zero-order valence-electron chi connectivity index (χ0n) is 14.3. The fraction of sp³-hybridized carbons (Fsp3) is 0.833. The molecule has 1 aliphatic heterocycles.